The van der Waals surface area contributed by atoms with Gasteiger partial charge in [0.15, 0.2) is 5.17 Å². The van der Waals surface area contributed by atoms with Gasteiger partial charge >= 0.3 is 0 Å². The standard InChI is InChI=1S/C17H23IN2S/c1-3-5-10-14(18)16-13-9-7-8-11-15(13)20-17(21-16)19-12-6-4-2/h7-9,11H,3-6,10,12H2,1-2H3,(H,19,20)/b16-14+. The number of anilines is 1. The third-order valence-electron chi connectivity index (χ3n) is 3.38. The van der Waals surface area contributed by atoms with E-state index in [4.69, 9.17) is 4.99 Å². The van der Waals surface area contributed by atoms with E-state index in [9.17, 15) is 0 Å². The maximum Gasteiger partial charge on any atom is 0.165 e. The van der Waals surface area contributed by atoms with Gasteiger partial charge in [-0.15, -0.1) is 0 Å². The molecule has 1 aliphatic rings. The summed E-state index contributed by atoms with van der Waals surface area (Å²) in [5.74, 6) is 0. The second-order valence-corrected chi connectivity index (χ2v) is 7.45. The molecule has 4 heteroatoms. The number of hydrogen-bond donors (Lipinski definition) is 1. The number of benzene rings is 1. The van der Waals surface area contributed by atoms with Gasteiger partial charge in [-0.1, -0.05) is 56.7 Å². The van der Waals surface area contributed by atoms with E-state index in [1.165, 1.54) is 39.0 Å². The van der Waals surface area contributed by atoms with Crippen molar-refractivity contribution in [3.05, 3.63) is 33.4 Å². The fraction of sp³-hybridized carbons (Fsp3) is 0.471. The van der Waals surface area contributed by atoms with Crippen molar-refractivity contribution < 1.29 is 0 Å². The predicted molar refractivity (Wildman–Crippen MR) is 105 cm³/mol. The SMILES string of the molecule is CCCCN=C1Nc2ccccc2/C(=C(\I)CCCC)S1. The molecule has 0 saturated carbocycles. The minimum atomic E-state index is 0.910. The average Bonchev–Trinajstić information content (AvgIpc) is 2.52. The summed E-state index contributed by atoms with van der Waals surface area (Å²) < 4.78 is 1.46. The highest BCUT2D eigenvalue weighted by molar-refractivity contribution is 14.1. The number of para-hydroxylation sites is 1. The first-order valence-corrected chi connectivity index (χ1v) is 9.63. The van der Waals surface area contributed by atoms with Gasteiger partial charge in [0.05, 0.1) is 0 Å². The molecule has 2 rings (SSSR count). The normalized spacial score (nSPS) is 18.3. The van der Waals surface area contributed by atoms with E-state index >= 15 is 0 Å². The number of aliphatic imine (C=N–C) groups is 1. The van der Waals surface area contributed by atoms with Crippen molar-refractivity contribution in [1.29, 1.82) is 0 Å². The molecule has 114 valence electrons. The highest BCUT2D eigenvalue weighted by Crippen LogP contribution is 2.43. The van der Waals surface area contributed by atoms with Crippen molar-refractivity contribution in [3.8, 4) is 0 Å². The minimum absolute atomic E-state index is 0.910. The molecule has 0 amide bonds. The van der Waals surface area contributed by atoms with Crippen LogP contribution in [-0.4, -0.2) is 11.7 Å². The number of hydrogen-bond acceptors (Lipinski definition) is 2. The average molecular weight is 414 g/mol. The zero-order valence-corrected chi connectivity index (χ0v) is 15.8. The Bertz CT molecular complexity index is 537. The summed E-state index contributed by atoms with van der Waals surface area (Å²) in [6, 6.07) is 8.55. The van der Waals surface area contributed by atoms with Crippen LogP contribution in [0.1, 0.15) is 51.5 Å². The summed E-state index contributed by atoms with van der Waals surface area (Å²) >= 11 is 4.31. The maximum atomic E-state index is 4.72. The number of rotatable bonds is 6. The molecule has 0 bridgehead atoms. The fourth-order valence-corrected chi connectivity index (χ4v) is 4.15. The lowest BCUT2D eigenvalue weighted by atomic mass is 10.1. The lowest BCUT2D eigenvalue weighted by Crippen LogP contribution is -2.15. The molecule has 0 unspecified atom stereocenters. The molecule has 0 saturated heterocycles. The van der Waals surface area contributed by atoms with Gasteiger partial charge in [0.1, 0.15) is 0 Å². The van der Waals surface area contributed by atoms with E-state index in [0.717, 1.165) is 24.6 Å². The van der Waals surface area contributed by atoms with E-state index in [1.54, 1.807) is 11.8 Å². The molecule has 1 N–H and O–H groups in total. The van der Waals surface area contributed by atoms with Crippen molar-refractivity contribution in [2.45, 2.75) is 46.0 Å². The monoisotopic (exact) mass is 414 g/mol. The van der Waals surface area contributed by atoms with Crippen LogP contribution in [0.4, 0.5) is 5.69 Å². The topological polar surface area (TPSA) is 24.4 Å². The molecule has 0 fully saturated rings. The molecule has 2 nitrogen and oxygen atoms in total. The molecule has 1 aromatic carbocycles. The zero-order chi connectivity index (χ0) is 15.1. The Balaban J connectivity index is 2.28. The number of allylic oxidation sites excluding steroid dienone is 1. The highest BCUT2D eigenvalue weighted by Gasteiger charge is 2.20. The smallest absolute Gasteiger partial charge is 0.165 e. The molecule has 0 spiro atoms. The summed E-state index contributed by atoms with van der Waals surface area (Å²) in [5, 5.41) is 4.52. The quantitative estimate of drug-likeness (QED) is 0.437. The third-order valence-corrected chi connectivity index (χ3v) is 5.92. The number of thioether (sulfide) groups is 1. The van der Waals surface area contributed by atoms with Crippen LogP contribution < -0.4 is 5.32 Å². The lowest BCUT2D eigenvalue weighted by Gasteiger charge is -2.23. The van der Waals surface area contributed by atoms with Crippen LogP contribution >= 0.6 is 34.4 Å². The molecule has 1 aromatic rings. The fourth-order valence-electron chi connectivity index (χ4n) is 2.14. The third kappa shape index (κ3) is 4.74. The molecule has 0 radical (unpaired) electrons. The molecule has 0 aromatic heterocycles. The van der Waals surface area contributed by atoms with Crippen LogP contribution in [0.15, 0.2) is 32.8 Å². The Morgan fingerprint density at radius 2 is 1.95 bits per heavy atom. The number of unbranched alkanes of at least 4 members (excludes halogenated alkanes) is 2. The first kappa shape index (κ1) is 16.9. The van der Waals surface area contributed by atoms with Gasteiger partial charge < -0.3 is 5.32 Å². The van der Waals surface area contributed by atoms with E-state index in [2.05, 4.69) is 66.0 Å². The molecule has 0 aliphatic carbocycles. The first-order valence-electron chi connectivity index (χ1n) is 7.73. The summed E-state index contributed by atoms with van der Waals surface area (Å²) in [6.07, 6.45) is 5.99. The van der Waals surface area contributed by atoms with Crippen LogP contribution in [-0.2, 0) is 0 Å². The Labute approximate surface area is 146 Å². The first-order chi connectivity index (χ1) is 10.3. The summed E-state index contributed by atoms with van der Waals surface area (Å²) in [7, 11) is 0. The molecular formula is C17H23IN2S. The van der Waals surface area contributed by atoms with Crippen molar-refractivity contribution in [3.63, 3.8) is 0 Å². The van der Waals surface area contributed by atoms with Gasteiger partial charge in [0.25, 0.3) is 0 Å². The second kappa shape index (κ2) is 8.83. The minimum Gasteiger partial charge on any atom is -0.334 e. The van der Waals surface area contributed by atoms with Crippen LogP contribution in [0.25, 0.3) is 4.91 Å². The number of nitrogens with one attached hydrogen (secondary N) is 1. The van der Waals surface area contributed by atoms with Crippen molar-refractivity contribution in [1.82, 2.24) is 0 Å². The van der Waals surface area contributed by atoms with Crippen molar-refractivity contribution >= 4 is 50.1 Å². The highest BCUT2D eigenvalue weighted by atomic mass is 127. The van der Waals surface area contributed by atoms with E-state index in [0.29, 0.717) is 0 Å². The maximum absolute atomic E-state index is 4.72. The van der Waals surface area contributed by atoms with Gasteiger partial charge in [0.2, 0.25) is 0 Å². The largest absolute Gasteiger partial charge is 0.334 e. The lowest BCUT2D eigenvalue weighted by molar-refractivity contribution is 0.809. The van der Waals surface area contributed by atoms with Gasteiger partial charge in [-0.05, 0) is 47.9 Å². The van der Waals surface area contributed by atoms with Crippen LogP contribution in [0, 0.1) is 0 Å². The molecular weight excluding hydrogens is 391 g/mol. The number of halogens is 1. The summed E-state index contributed by atoms with van der Waals surface area (Å²) in [4.78, 5) is 6.10. The summed E-state index contributed by atoms with van der Waals surface area (Å²) in [5.41, 5.74) is 2.50. The number of fused-ring (bicyclic) bond motifs is 1. The Morgan fingerprint density at radius 1 is 1.19 bits per heavy atom. The Morgan fingerprint density at radius 3 is 2.71 bits per heavy atom. The molecule has 1 heterocycles. The van der Waals surface area contributed by atoms with E-state index in [-0.39, 0.29) is 0 Å². The predicted octanol–water partition coefficient (Wildman–Crippen LogP) is 6.30. The summed E-state index contributed by atoms with van der Waals surface area (Å²) in [6.45, 7) is 5.36. The Kier molecular flexibility index (Phi) is 7.10. The van der Waals surface area contributed by atoms with Gasteiger partial charge in [-0.25, -0.2) is 0 Å². The molecule has 1 aliphatic heterocycles. The second-order valence-electron chi connectivity index (χ2n) is 5.15. The molecule has 0 atom stereocenters. The van der Waals surface area contributed by atoms with Crippen LogP contribution in [0.5, 0.6) is 0 Å². The number of nitrogens with zero attached hydrogens (tertiary/aromatic N) is 1. The van der Waals surface area contributed by atoms with Gasteiger partial charge in [-0.3, -0.25) is 4.99 Å². The van der Waals surface area contributed by atoms with Gasteiger partial charge in [0, 0.05) is 26.3 Å². The van der Waals surface area contributed by atoms with E-state index in [1.807, 2.05) is 0 Å². The zero-order valence-electron chi connectivity index (χ0n) is 12.8. The Hall–Kier alpha value is -0.490. The van der Waals surface area contributed by atoms with Crippen LogP contribution in [0.3, 0.4) is 0 Å². The molecule has 21 heavy (non-hydrogen) atoms. The van der Waals surface area contributed by atoms with Crippen molar-refractivity contribution in [2.75, 3.05) is 11.9 Å². The van der Waals surface area contributed by atoms with Crippen LogP contribution in [0.2, 0.25) is 0 Å². The van der Waals surface area contributed by atoms with Crippen molar-refractivity contribution in [2.24, 2.45) is 4.99 Å². The van der Waals surface area contributed by atoms with Gasteiger partial charge in [-0.2, -0.15) is 0 Å². The number of amidine groups is 1. The van der Waals surface area contributed by atoms with E-state index < -0.39 is 0 Å².